The van der Waals surface area contributed by atoms with Crippen LogP contribution in [-0.4, -0.2) is 66.8 Å². The molecule has 0 saturated carbocycles. The van der Waals surface area contributed by atoms with E-state index in [4.69, 9.17) is 9.47 Å². The Bertz CT molecular complexity index is 593. The van der Waals surface area contributed by atoms with E-state index in [1.54, 1.807) is 0 Å². The number of carbonyl (C=O) groups is 1. The largest absolute Gasteiger partial charge is 0.460 e. The number of ether oxygens (including phenoxy) is 2. The Balaban J connectivity index is 1.65. The number of piperidine rings is 1. The van der Waals surface area contributed by atoms with E-state index in [1.807, 2.05) is 20.8 Å². The number of rotatable bonds is 5. The number of morpholine rings is 1. The van der Waals surface area contributed by atoms with Crippen LogP contribution in [0.3, 0.4) is 0 Å². The molecule has 0 aromatic heterocycles. The first-order valence-electron chi connectivity index (χ1n) is 10.2. The molecular weight excluding hydrogens is 340 g/mol. The zero-order valence-corrected chi connectivity index (χ0v) is 17.0. The maximum absolute atomic E-state index is 12.4. The highest BCUT2D eigenvalue weighted by atomic mass is 16.6. The average molecular weight is 375 g/mol. The minimum atomic E-state index is -0.418. The van der Waals surface area contributed by atoms with Gasteiger partial charge in [0.15, 0.2) is 0 Å². The van der Waals surface area contributed by atoms with Crippen molar-refractivity contribution in [3.05, 3.63) is 35.9 Å². The number of esters is 1. The van der Waals surface area contributed by atoms with Gasteiger partial charge in [-0.15, -0.1) is 0 Å². The lowest BCUT2D eigenvalue weighted by atomic mass is 9.90. The van der Waals surface area contributed by atoms with Crippen LogP contribution in [0.15, 0.2) is 30.3 Å². The number of hydrogen-bond acceptors (Lipinski definition) is 5. The van der Waals surface area contributed by atoms with E-state index in [0.717, 1.165) is 52.4 Å². The van der Waals surface area contributed by atoms with Crippen molar-refractivity contribution in [1.82, 2.24) is 9.80 Å². The van der Waals surface area contributed by atoms with Crippen LogP contribution in [0.5, 0.6) is 0 Å². The number of hydrogen-bond donors (Lipinski definition) is 0. The van der Waals surface area contributed by atoms with Gasteiger partial charge in [0.2, 0.25) is 0 Å². The van der Waals surface area contributed by atoms with Gasteiger partial charge < -0.3 is 9.47 Å². The molecule has 1 aromatic rings. The second kappa shape index (κ2) is 9.18. The van der Waals surface area contributed by atoms with Gasteiger partial charge in [-0.3, -0.25) is 14.6 Å². The van der Waals surface area contributed by atoms with E-state index in [9.17, 15) is 4.79 Å². The predicted molar refractivity (Wildman–Crippen MR) is 106 cm³/mol. The molecule has 3 rings (SSSR count). The molecule has 5 nitrogen and oxygen atoms in total. The fourth-order valence-corrected chi connectivity index (χ4v) is 4.22. The summed E-state index contributed by atoms with van der Waals surface area (Å²) in [6.07, 6.45) is 1.56. The number of likely N-dealkylation sites (tertiary alicyclic amines) is 1. The summed E-state index contributed by atoms with van der Waals surface area (Å²) < 4.78 is 11.1. The summed E-state index contributed by atoms with van der Waals surface area (Å²) in [5.41, 5.74) is 0.912. The van der Waals surface area contributed by atoms with E-state index < -0.39 is 5.60 Å². The molecule has 0 radical (unpaired) electrons. The van der Waals surface area contributed by atoms with Crippen LogP contribution in [0.1, 0.15) is 39.2 Å². The van der Waals surface area contributed by atoms with E-state index in [-0.39, 0.29) is 5.97 Å². The first-order valence-corrected chi connectivity index (χ1v) is 10.2. The molecule has 0 bridgehead atoms. The Morgan fingerprint density at radius 1 is 1.15 bits per heavy atom. The highest BCUT2D eigenvalue weighted by Gasteiger charge is 2.33. The second-order valence-electron chi connectivity index (χ2n) is 8.87. The molecule has 0 unspecified atom stereocenters. The minimum absolute atomic E-state index is 0.0743. The molecule has 2 aliphatic rings. The number of nitrogens with zero attached hydrogens (tertiary/aromatic N) is 2. The van der Waals surface area contributed by atoms with Crippen molar-refractivity contribution in [2.45, 2.75) is 51.8 Å². The van der Waals surface area contributed by atoms with Gasteiger partial charge in [0, 0.05) is 45.2 Å². The van der Waals surface area contributed by atoms with Crippen molar-refractivity contribution in [2.24, 2.45) is 5.92 Å². The van der Waals surface area contributed by atoms with Gasteiger partial charge in [-0.1, -0.05) is 30.3 Å². The lowest BCUT2D eigenvalue weighted by molar-refractivity contribution is -0.156. The summed E-state index contributed by atoms with van der Waals surface area (Å²) in [5, 5.41) is 0. The summed E-state index contributed by atoms with van der Waals surface area (Å²) >= 11 is 0. The maximum Gasteiger partial charge on any atom is 0.306 e. The number of carbonyl (C=O) groups excluding carboxylic acids is 1. The molecule has 1 aromatic carbocycles. The topological polar surface area (TPSA) is 42.0 Å². The Morgan fingerprint density at radius 2 is 1.85 bits per heavy atom. The zero-order valence-electron chi connectivity index (χ0n) is 17.0. The van der Waals surface area contributed by atoms with Gasteiger partial charge in [-0.2, -0.15) is 0 Å². The molecule has 2 saturated heterocycles. The Morgan fingerprint density at radius 3 is 2.52 bits per heavy atom. The average Bonchev–Trinajstić information content (AvgIpc) is 2.61. The Kier molecular flexibility index (Phi) is 6.90. The van der Waals surface area contributed by atoms with E-state index in [1.165, 1.54) is 5.56 Å². The fraction of sp³-hybridized carbons (Fsp3) is 0.682. The fourth-order valence-electron chi connectivity index (χ4n) is 4.22. The van der Waals surface area contributed by atoms with Gasteiger partial charge in [0.25, 0.3) is 0 Å². The minimum Gasteiger partial charge on any atom is -0.460 e. The van der Waals surface area contributed by atoms with E-state index in [2.05, 4.69) is 40.1 Å². The van der Waals surface area contributed by atoms with Crippen LogP contribution in [-0.2, 0) is 20.8 Å². The van der Waals surface area contributed by atoms with Crippen LogP contribution in [0.25, 0.3) is 0 Å². The smallest absolute Gasteiger partial charge is 0.306 e. The third kappa shape index (κ3) is 6.59. The van der Waals surface area contributed by atoms with Crippen molar-refractivity contribution >= 4 is 5.97 Å². The van der Waals surface area contributed by atoms with E-state index in [0.29, 0.717) is 18.4 Å². The summed E-state index contributed by atoms with van der Waals surface area (Å²) in [6, 6.07) is 11.1. The summed E-state index contributed by atoms with van der Waals surface area (Å²) in [4.78, 5) is 17.5. The Labute approximate surface area is 163 Å². The molecule has 2 heterocycles. The van der Waals surface area contributed by atoms with Crippen molar-refractivity contribution in [3.8, 4) is 0 Å². The molecule has 2 atom stereocenters. The normalized spacial score (nSPS) is 25.3. The van der Waals surface area contributed by atoms with Gasteiger partial charge in [0.05, 0.1) is 13.2 Å². The van der Waals surface area contributed by atoms with Gasteiger partial charge in [-0.25, -0.2) is 0 Å². The van der Waals surface area contributed by atoms with Crippen molar-refractivity contribution in [2.75, 3.05) is 39.4 Å². The summed E-state index contributed by atoms with van der Waals surface area (Å²) in [6.45, 7) is 12.4. The Hall–Kier alpha value is -1.43. The predicted octanol–water partition coefficient (Wildman–Crippen LogP) is 2.94. The molecule has 0 spiro atoms. The quantitative estimate of drug-likeness (QED) is 0.742. The van der Waals surface area contributed by atoms with Crippen LogP contribution in [0.4, 0.5) is 0 Å². The zero-order chi connectivity index (χ0) is 19.3. The SMILES string of the molecule is CC(C)(C)OC(=O)C[C@H]1C[C@H](N2CCOCC2)CN(Cc2ccccc2)C1. The van der Waals surface area contributed by atoms with Crippen molar-refractivity contribution < 1.29 is 14.3 Å². The molecule has 27 heavy (non-hydrogen) atoms. The molecule has 5 heteroatoms. The molecule has 150 valence electrons. The maximum atomic E-state index is 12.4. The van der Waals surface area contributed by atoms with Gasteiger partial charge in [-0.05, 0) is 38.7 Å². The van der Waals surface area contributed by atoms with Crippen LogP contribution >= 0.6 is 0 Å². The van der Waals surface area contributed by atoms with Gasteiger partial charge in [0.1, 0.15) is 5.60 Å². The first-order chi connectivity index (χ1) is 12.9. The van der Waals surface area contributed by atoms with E-state index >= 15 is 0 Å². The summed E-state index contributed by atoms with van der Waals surface area (Å²) in [7, 11) is 0. The first kappa shape index (κ1) is 20.3. The highest BCUT2D eigenvalue weighted by molar-refractivity contribution is 5.70. The van der Waals surface area contributed by atoms with Crippen LogP contribution in [0.2, 0.25) is 0 Å². The standard InChI is InChI=1S/C22H34N2O3/c1-22(2,3)27-21(25)14-19-13-20(24-9-11-26-12-10-24)17-23(16-19)15-18-7-5-4-6-8-18/h4-8,19-20H,9-17H2,1-3H3/t19-,20+/m1/s1. The van der Waals surface area contributed by atoms with Gasteiger partial charge >= 0.3 is 5.97 Å². The van der Waals surface area contributed by atoms with Crippen LogP contribution < -0.4 is 0 Å². The molecule has 0 amide bonds. The highest BCUT2D eigenvalue weighted by Crippen LogP contribution is 2.26. The third-order valence-electron chi connectivity index (χ3n) is 5.28. The lowest BCUT2D eigenvalue weighted by Crippen LogP contribution is -2.53. The monoisotopic (exact) mass is 374 g/mol. The third-order valence-corrected chi connectivity index (χ3v) is 5.28. The van der Waals surface area contributed by atoms with Crippen molar-refractivity contribution in [1.29, 1.82) is 0 Å². The molecule has 2 fully saturated rings. The lowest BCUT2D eigenvalue weighted by Gasteiger charge is -2.44. The molecule has 2 aliphatic heterocycles. The second-order valence-corrected chi connectivity index (χ2v) is 8.87. The molecule has 0 aliphatic carbocycles. The molecule has 0 N–H and O–H groups in total. The van der Waals surface area contributed by atoms with Crippen molar-refractivity contribution in [3.63, 3.8) is 0 Å². The van der Waals surface area contributed by atoms with Crippen LogP contribution in [0, 0.1) is 5.92 Å². The number of benzene rings is 1. The molecular formula is C22H34N2O3. The summed E-state index contributed by atoms with van der Waals surface area (Å²) in [5.74, 6) is 0.264.